The SMILES string of the molecule is COc1ccccc1C(=O)NCCCCCc1nc2ccccc2n1CCCOc1cc(C)ccc1C. The van der Waals surface area contributed by atoms with Crippen LogP contribution in [0.3, 0.4) is 0 Å². The minimum atomic E-state index is -0.0951. The third kappa shape index (κ3) is 6.91. The first-order chi connectivity index (χ1) is 18.1. The number of carbonyl (C=O) groups is 1. The van der Waals surface area contributed by atoms with E-state index in [1.807, 2.05) is 18.2 Å². The van der Waals surface area contributed by atoms with Gasteiger partial charge < -0.3 is 19.4 Å². The van der Waals surface area contributed by atoms with E-state index in [9.17, 15) is 4.79 Å². The van der Waals surface area contributed by atoms with E-state index < -0.39 is 0 Å². The number of para-hydroxylation sites is 3. The van der Waals surface area contributed by atoms with Crippen molar-refractivity contribution in [3.63, 3.8) is 0 Å². The van der Waals surface area contributed by atoms with Gasteiger partial charge in [-0.25, -0.2) is 4.98 Å². The molecule has 0 saturated heterocycles. The number of amides is 1. The molecule has 0 saturated carbocycles. The molecule has 0 atom stereocenters. The molecule has 0 aliphatic heterocycles. The second-order valence-electron chi connectivity index (χ2n) is 9.41. The summed E-state index contributed by atoms with van der Waals surface area (Å²) < 4.78 is 13.7. The van der Waals surface area contributed by atoms with Gasteiger partial charge in [0.05, 0.1) is 30.3 Å². The Morgan fingerprint density at radius 3 is 2.59 bits per heavy atom. The monoisotopic (exact) mass is 499 g/mol. The van der Waals surface area contributed by atoms with Crippen molar-refractivity contribution in [1.82, 2.24) is 14.9 Å². The molecule has 0 aliphatic carbocycles. The van der Waals surface area contributed by atoms with Crippen molar-refractivity contribution in [1.29, 1.82) is 0 Å². The van der Waals surface area contributed by atoms with Crippen molar-refractivity contribution in [2.24, 2.45) is 0 Å². The normalized spacial score (nSPS) is 11.0. The molecule has 1 N–H and O–H groups in total. The average Bonchev–Trinajstić information content (AvgIpc) is 3.27. The van der Waals surface area contributed by atoms with Gasteiger partial charge in [0.1, 0.15) is 17.3 Å². The Bertz CT molecular complexity index is 1330. The third-order valence-corrected chi connectivity index (χ3v) is 6.58. The standard InChI is InChI=1S/C31H37N3O3/c1-23-17-18-24(2)29(22-23)37-21-11-20-34-27-14-8-7-13-26(27)33-30(34)16-5-4-10-19-32-31(35)25-12-6-9-15-28(25)36-3/h6-9,12-15,17-18,22H,4-5,10-11,16,19-21H2,1-3H3,(H,32,35). The van der Waals surface area contributed by atoms with Crippen LogP contribution >= 0.6 is 0 Å². The fraction of sp³-hybridized carbons (Fsp3) is 0.355. The van der Waals surface area contributed by atoms with Crippen LogP contribution in [0.1, 0.15) is 53.0 Å². The van der Waals surface area contributed by atoms with Gasteiger partial charge in [-0.1, -0.05) is 42.8 Å². The van der Waals surface area contributed by atoms with Crippen LogP contribution in [0.25, 0.3) is 11.0 Å². The number of ether oxygens (including phenoxy) is 2. The molecule has 0 fully saturated rings. The highest BCUT2D eigenvalue weighted by molar-refractivity contribution is 5.96. The first kappa shape index (κ1) is 26.3. The number of rotatable bonds is 13. The number of nitrogens with zero attached hydrogens (tertiary/aromatic N) is 2. The number of nitrogens with one attached hydrogen (secondary N) is 1. The Balaban J connectivity index is 1.26. The van der Waals surface area contributed by atoms with Crippen molar-refractivity contribution in [2.45, 2.75) is 52.5 Å². The highest BCUT2D eigenvalue weighted by Crippen LogP contribution is 2.21. The van der Waals surface area contributed by atoms with E-state index >= 15 is 0 Å². The van der Waals surface area contributed by atoms with Crippen molar-refractivity contribution in [3.8, 4) is 11.5 Å². The second kappa shape index (κ2) is 12.9. The summed E-state index contributed by atoms with van der Waals surface area (Å²) in [6, 6.07) is 21.9. The Hall–Kier alpha value is -3.80. The molecule has 0 aliphatic rings. The van der Waals surface area contributed by atoms with E-state index in [-0.39, 0.29) is 5.91 Å². The fourth-order valence-corrected chi connectivity index (χ4v) is 4.55. The lowest BCUT2D eigenvalue weighted by molar-refractivity contribution is 0.0950. The zero-order valence-corrected chi connectivity index (χ0v) is 22.1. The van der Waals surface area contributed by atoms with Gasteiger partial charge in [-0.05, 0) is 74.6 Å². The number of hydrogen-bond donors (Lipinski definition) is 1. The Kier molecular flexibility index (Phi) is 9.19. The van der Waals surface area contributed by atoms with Gasteiger partial charge >= 0.3 is 0 Å². The maximum atomic E-state index is 12.5. The molecule has 1 heterocycles. The number of aryl methyl sites for hydroxylation is 4. The molecule has 6 nitrogen and oxygen atoms in total. The van der Waals surface area contributed by atoms with Crippen molar-refractivity contribution in [2.75, 3.05) is 20.3 Å². The van der Waals surface area contributed by atoms with E-state index in [4.69, 9.17) is 14.5 Å². The molecular formula is C31H37N3O3. The lowest BCUT2D eigenvalue weighted by atomic mass is 10.1. The third-order valence-electron chi connectivity index (χ3n) is 6.58. The summed E-state index contributed by atoms with van der Waals surface area (Å²) in [6.07, 6.45) is 4.78. The predicted molar refractivity (Wildman–Crippen MR) is 149 cm³/mol. The molecule has 0 unspecified atom stereocenters. The summed E-state index contributed by atoms with van der Waals surface area (Å²) in [5.74, 6) is 2.58. The zero-order chi connectivity index (χ0) is 26.0. The van der Waals surface area contributed by atoms with Crippen LogP contribution in [0, 0.1) is 13.8 Å². The topological polar surface area (TPSA) is 65.4 Å². The van der Waals surface area contributed by atoms with Crippen LogP contribution in [-0.2, 0) is 13.0 Å². The maximum Gasteiger partial charge on any atom is 0.255 e. The highest BCUT2D eigenvalue weighted by atomic mass is 16.5. The number of methoxy groups -OCH3 is 1. The van der Waals surface area contributed by atoms with Gasteiger partial charge in [0, 0.05) is 19.5 Å². The number of imidazole rings is 1. The molecule has 194 valence electrons. The molecule has 0 spiro atoms. The molecule has 6 heteroatoms. The summed E-state index contributed by atoms with van der Waals surface area (Å²) in [5.41, 5.74) is 5.16. The summed E-state index contributed by atoms with van der Waals surface area (Å²) in [5, 5.41) is 3.01. The number of hydrogen-bond acceptors (Lipinski definition) is 4. The molecule has 3 aromatic carbocycles. The molecule has 0 radical (unpaired) electrons. The van der Waals surface area contributed by atoms with Crippen LogP contribution < -0.4 is 14.8 Å². The number of carbonyl (C=O) groups excluding carboxylic acids is 1. The number of aromatic nitrogens is 2. The molecule has 0 bridgehead atoms. The number of fused-ring (bicyclic) bond motifs is 1. The summed E-state index contributed by atoms with van der Waals surface area (Å²) in [6.45, 7) is 6.35. The summed E-state index contributed by atoms with van der Waals surface area (Å²) >= 11 is 0. The molecule has 1 aromatic heterocycles. The number of unbranched alkanes of at least 4 members (excludes halogenated alkanes) is 2. The van der Waals surface area contributed by atoms with Crippen LogP contribution in [0.15, 0.2) is 66.7 Å². The fourth-order valence-electron chi connectivity index (χ4n) is 4.55. The van der Waals surface area contributed by atoms with E-state index in [0.717, 1.165) is 55.7 Å². The molecule has 1 amide bonds. The van der Waals surface area contributed by atoms with E-state index in [1.54, 1.807) is 19.2 Å². The van der Waals surface area contributed by atoms with Crippen LogP contribution in [0.2, 0.25) is 0 Å². The first-order valence-corrected chi connectivity index (χ1v) is 13.1. The largest absolute Gasteiger partial charge is 0.496 e. The molecule has 4 aromatic rings. The first-order valence-electron chi connectivity index (χ1n) is 13.1. The Morgan fingerprint density at radius 2 is 1.73 bits per heavy atom. The maximum absolute atomic E-state index is 12.5. The van der Waals surface area contributed by atoms with Crippen molar-refractivity contribution in [3.05, 3.63) is 89.2 Å². The molecule has 37 heavy (non-hydrogen) atoms. The molecule has 4 rings (SSSR count). The average molecular weight is 500 g/mol. The van der Waals surface area contributed by atoms with Gasteiger partial charge in [0.2, 0.25) is 0 Å². The van der Waals surface area contributed by atoms with Crippen LogP contribution in [0.5, 0.6) is 11.5 Å². The van der Waals surface area contributed by atoms with Crippen molar-refractivity contribution >= 4 is 16.9 Å². The second-order valence-corrected chi connectivity index (χ2v) is 9.41. The Morgan fingerprint density at radius 1 is 0.919 bits per heavy atom. The van der Waals surface area contributed by atoms with E-state index in [1.165, 1.54) is 16.6 Å². The summed E-state index contributed by atoms with van der Waals surface area (Å²) in [4.78, 5) is 17.4. The minimum Gasteiger partial charge on any atom is -0.496 e. The van der Waals surface area contributed by atoms with Gasteiger partial charge in [-0.3, -0.25) is 4.79 Å². The Labute approximate surface area is 219 Å². The summed E-state index contributed by atoms with van der Waals surface area (Å²) in [7, 11) is 1.58. The van der Waals surface area contributed by atoms with E-state index in [0.29, 0.717) is 24.5 Å². The smallest absolute Gasteiger partial charge is 0.255 e. The van der Waals surface area contributed by atoms with Crippen LogP contribution in [0.4, 0.5) is 0 Å². The zero-order valence-electron chi connectivity index (χ0n) is 22.1. The highest BCUT2D eigenvalue weighted by Gasteiger charge is 2.12. The van der Waals surface area contributed by atoms with Gasteiger partial charge in [0.15, 0.2) is 0 Å². The predicted octanol–water partition coefficient (Wildman–Crippen LogP) is 6.27. The van der Waals surface area contributed by atoms with Gasteiger partial charge in [-0.15, -0.1) is 0 Å². The van der Waals surface area contributed by atoms with E-state index in [2.05, 4.69) is 60.1 Å². The van der Waals surface area contributed by atoms with Gasteiger partial charge in [-0.2, -0.15) is 0 Å². The minimum absolute atomic E-state index is 0.0951. The van der Waals surface area contributed by atoms with Crippen molar-refractivity contribution < 1.29 is 14.3 Å². The quantitative estimate of drug-likeness (QED) is 0.220. The molecular weight excluding hydrogens is 462 g/mol. The number of benzene rings is 3. The van der Waals surface area contributed by atoms with Crippen LogP contribution in [-0.4, -0.2) is 35.7 Å². The lowest BCUT2D eigenvalue weighted by Gasteiger charge is -2.12. The lowest BCUT2D eigenvalue weighted by Crippen LogP contribution is -2.24. The van der Waals surface area contributed by atoms with Gasteiger partial charge in [0.25, 0.3) is 5.91 Å².